The van der Waals surface area contributed by atoms with Crippen LogP contribution in [0.15, 0.2) is 89.8 Å². The number of nitrogens with zero attached hydrogens (tertiary/aromatic N) is 2. The van der Waals surface area contributed by atoms with Crippen molar-refractivity contribution in [3.63, 3.8) is 0 Å². The molecule has 0 radical (unpaired) electrons. The first-order valence-electron chi connectivity index (χ1n) is 12.0. The second kappa shape index (κ2) is 10.9. The van der Waals surface area contributed by atoms with Crippen molar-refractivity contribution in [2.75, 3.05) is 19.0 Å². The number of ether oxygens (including phenoxy) is 1. The maximum Gasteiger partial charge on any atom is 0.244 e. The molecule has 194 valence electrons. The Hall–Kier alpha value is -3.86. The Bertz CT molecular complexity index is 1550. The first-order valence-corrected chi connectivity index (χ1v) is 14.3. The van der Waals surface area contributed by atoms with Crippen molar-refractivity contribution >= 4 is 38.2 Å². The molecule has 1 aromatic heterocycles. The molecule has 3 aromatic carbocycles. The van der Waals surface area contributed by atoms with Gasteiger partial charge >= 0.3 is 0 Å². The van der Waals surface area contributed by atoms with Crippen LogP contribution in [0.3, 0.4) is 0 Å². The molecule has 38 heavy (non-hydrogen) atoms. The van der Waals surface area contributed by atoms with Gasteiger partial charge in [-0.25, -0.2) is 13.4 Å². The number of carbonyl (C=O) groups is 2. The average Bonchev–Trinajstić information content (AvgIpc) is 3.62. The molecule has 0 aliphatic carbocycles. The van der Waals surface area contributed by atoms with Gasteiger partial charge in [-0.2, -0.15) is 4.31 Å². The SMILES string of the molecule is COc1ccc(S(=O)(=O)N2CCCC2C(=O)Nc2nc(-c3ccccc3)c(C(=O)c3ccccc3)s2)cc1. The Kier molecular flexibility index (Phi) is 7.37. The fraction of sp³-hybridized carbons (Fsp3) is 0.179. The summed E-state index contributed by atoms with van der Waals surface area (Å²) in [6, 6.07) is 23.3. The lowest BCUT2D eigenvalue weighted by Gasteiger charge is -2.23. The summed E-state index contributed by atoms with van der Waals surface area (Å²) in [6.07, 6.45) is 0.937. The smallest absolute Gasteiger partial charge is 0.244 e. The maximum atomic E-state index is 13.3. The van der Waals surface area contributed by atoms with E-state index in [2.05, 4.69) is 10.3 Å². The fourth-order valence-corrected chi connectivity index (χ4v) is 7.01. The van der Waals surface area contributed by atoms with E-state index in [4.69, 9.17) is 4.74 Å². The van der Waals surface area contributed by atoms with Gasteiger partial charge in [-0.3, -0.25) is 9.59 Å². The molecule has 1 aliphatic heterocycles. The van der Waals surface area contributed by atoms with Gasteiger partial charge in [0.15, 0.2) is 5.13 Å². The van der Waals surface area contributed by atoms with Crippen molar-refractivity contribution in [1.82, 2.24) is 9.29 Å². The number of anilines is 1. The number of nitrogens with one attached hydrogen (secondary N) is 1. The summed E-state index contributed by atoms with van der Waals surface area (Å²) in [6.45, 7) is 0.233. The second-order valence-electron chi connectivity index (χ2n) is 8.70. The number of benzene rings is 3. The molecule has 2 heterocycles. The topological polar surface area (TPSA) is 106 Å². The molecular weight excluding hydrogens is 522 g/mol. The van der Waals surface area contributed by atoms with Crippen LogP contribution in [-0.4, -0.2) is 49.1 Å². The summed E-state index contributed by atoms with van der Waals surface area (Å²) in [5.74, 6) is -0.141. The lowest BCUT2D eigenvalue weighted by Crippen LogP contribution is -2.43. The van der Waals surface area contributed by atoms with Crippen LogP contribution in [0, 0.1) is 0 Å². The number of sulfonamides is 1. The van der Waals surface area contributed by atoms with Gasteiger partial charge in [0, 0.05) is 17.7 Å². The van der Waals surface area contributed by atoms with Gasteiger partial charge in [0.05, 0.1) is 17.7 Å². The summed E-state index contributed by atoms with van der Waals surface area (Å²) in [7, 11) is -2.39. The third-order valence-corrected chi connectivity index (χ3v) is 9.21. The van der Waals surface area contributed by atoms with E-state index in [1.165, 1.54) is 23.5 Å². The minimum absolute atomic E-state index is 0.0920. The Labute approximate surface area is 225 Å². The van der Waals surface area contributed by atoms with Crippen molar-refractivity contribution in [3.8, 4) is 17.0 Å². The van der Waals surface area contributed by atoms with Crippen molar-refractivity contribution in [2.24, 2.45) is 0 Å². The number of amides is 1. The summed E-state index contributed by atoms with van der Waals surface area (Å²) < 4.78 is 33.0. The number of hydrogen-bond donors (Lipinski definition) is 1. The number of carbonyl (C=O) groups excluding carboxylic acids is 2. The van der Waals surface area contributed by atoms with E-state index in [1.54, 1.807) is 36.4 Å². The largest absolute Gasteiger partial charge is 0.497 e. The van der Waals surface area contributed by atoms with Crippen LogP contribution in [0.5, 0.6) is 5.75 Å². The summed E-state index contributed by atoms with van der Waals surface area (Å²) in [4.78, 5) is 31.8. The normalized spacial score (nSPS) is 15.8. The third kappa shape index (κ3) is 5.10. The molecule has 8 nitrogen and oxygen atoms in total. The number of methoxy groups -OCH3 is 1. The number of aromatic nitrogens is 1. The Morgan fingerprint density at radius 3 is 2.29 bits per heavy atom. The van der Waals surface area contributed by atoms with E-state index in [0.717, 1.165) is 16.9 Å². The quantitative estimate of drug-likeness (QED) is 0.317. The van der Waals surface area contributed by atoms with Crippen LogP contribution in [0.1, 0.15) is 28.1 Å². The van der Waals surface area contributed by atoms with Crippen LogP contribution < -0.4 is 10.1 Å². The fourth-order valence-electron chi connectivity index (χ4n) is 4.40. The maximum absolute atomic E-state index is 13.3. The van der Waals surface area contributed by atoms with Crippen LogP contribution >= 0.6 is 11.3 Å². The van der Waals surface area contributed by atoms with Gasteiger partial charge in [0.25, 0.3) is 0 Å². The predicted octanol–water partition coefficient (Wildman–Crippen LogP) is 4.84. The average molecular weight is 548 g/mol. The first-order chi connectivity index (χ1) is 18.4. The van der Waals surface area contributed by atoms with Crippen molar-refractivity contribution in [3.05, 3.63) is 95.4 Å². The Morgan fingerprint density at radius 2 is 1.63 bits per heavy atom. The first kappa shape index (κ1) is 25.8. The lowest BCUT2D eigenvalue weighted by molar-refractivity contribution is -0.119. The van der Waals surface area contributed by atoms with E-state index in [1.807, 2.05) is 36.4 Å². The van der Waals surface area contributed by atoms with Crippen molar-refractivity contribution in [1.29, 1.82) is 0 Å². The van der Waals surface area contributed by atoms with Crippen LogP contribution in [0.2, 0.25) is 0 Å². The number of thiazole rings is 1. The molecule has 1 atom stereocenters. The molecule has 1 aliphatic rings. The molecule has 0 spiro atoms. The van der Waals surface area contributed by atoms with E-state index in [0.29, 0.717) is 34.7 Å². The Balaban J connectivity index is 1.42. The molecular formula is C28H25N3O5S2. The van der Waals surface area contributed by atoms with Gasteiger partial charge in [-0.1, -0.05) is 72.0 Å². The highest BCUT2D eigenvalue weighted by Crippen LogP contribution is 2.34. The minimum atomic E-state index is -3.90. The molecule has 1 amide bonds. The molecule has 0 saturated carbocycles. The molecule has 4 aromatic rings. The second-order valence-corrected chi connectivity index (χ2v) is 11.6. The number of rotatable bonds is 8. The van der Waals surface area contributed by atoms with Crippen LogP contribution in [-0.2, 0) is 14.8 Å². The van der Waals surface area contributed by atoms with E-state index >= 15 is 0 Å². The number of ketones is 1. The third-order valence-electron chi connectivity index (χ3n) is 6.32. The minimum Gasteiger partial charge on any atom is -0.497 e. The van der Waals surface area contributed by atoms with Gasteiger partial charge in [0.1, 0.15) is 16.7 Å². The highest BCUT2D eigenvalue weighted by molar-refractivity contribution is 7.89. The molecule has 0 bridgehead atoms. The van der Waals surface area contributed by atoms with Gasteiger partial charge in [0.2, 0.25) is 21.7 Å². The molecule has 1 unspecified atom stereocenters. The van der Waals surface area contributed by atoms with Crippen molar-refractivity contribution in [2.45, 2.75) is 23.8 Å². The zero-order valence-corrected chi connectivity index (χ0v) is 22.2. The van der Waals surface area contributed by atoms with E-state index in [-0.39, 0.29) is 22.4 Å². The Morgan fingerprint density at radius 1 is 0.974 bits per heavy atom. The predicted molar refractivity (Wildman–Crippen MR) is 146 cm³/mol. The summed E-state index contributed by atoms with van der Waals surface area (Å²) in [5.41, 5.74) is 1.72. The van der Waals surface area contributed by atoms with E-state index in [9.17, 15) is 18.0 Å². The zero-order chi connectivity index (χ0) is 26.7. The number of hydrogen-bond acceptors (Lipinski definition) is 7. The van der Waals surface area contributed by atoms with E-state index < -0.39 is 22.0 Å². The van der Waals surface area contributed by atoms with Gasteiger partial charge in [-0.05, 0) is 37.1 Å². The molecule has 1 N–H and O–H groups in total. The lowest BCUT2D eigenvalue weighted by atomic mass is 10.1. The van der Waals surface area contributed by atoms with Gasteiger partial charge in [-0.15, -0.1) is 0 Å². The van der Waals surface area contributed by atoms with Crippen LogP contribution in [0.25, 0.3) is 11.3 Å². The summed E-state index contributed by atoms with van der Waals surface area (Å²) in [5, 5.41) is 3.02. The standard InChI is InChI=1S/C28H25N3O5S2/c1-36-21-14-16-22(17-15-21)38(34,35)31-18-8-13-23(31)27(33)30-28-29-24(19-9-4-2-5-10-19)26(37-28)25(32)20-11-6-3-7-12-20/h2-7,9-12,14-17,23H,8,13,18H2,1H3,(H,29,30,33). The molecule has 1 saturated heterocycles. The van der Waals surface area contributed by atoms with Crippen molar-refractivity contribution < 1.29 is 22.7 Å². The highest BCUT2D eigenvalue weighted by Gasteiger charge is 2.40. The van der Waals surface area contributed by atoms with Gasteiger partial charge < -0.3 is 10.1 Å². The molecule has 10 heteroatoms. The zero-order valence-electron chi connectivity index (χ0n) is 20.5. The van der Waals surface area contributed by atoms with Crippen LogP contribution in [0.4, 0.5) is 5.13 Å². The highest BCUT2D eigenvalue weighted by atomic mass is 32.2. The monoisotopic (exact) mass is 547 g/mol. The summed E-state index contributed by atoms with van der Waals surface area (Å²) >= 11 is 1.08. The molecule has 5 rings (SSSR count). The molecule has 1 fully saturated rings.